The Labute approximate surface area is 194 Å². The van der Waals surface area contributed by atoms with Crippen molar-refractivity contribution in [2.24, 2.45) is 5.73 Å². The summed E-state index contributed by atoms with van der Waals surface area (Å²) in [6, 6.07) is 9.93. The number of ether oxygens (including phenoxy) is 1. The number of hydrogen-bond acceptors (Lipinski definition) is 7. The molecule has 0 spiro atoms. The number of fused-ring (bicyclic) bond motifs is 1. The van der Waals surface area contributed by atoms with Gasteiger partial charge in [-0.15, -0.1) is 0 Å². The molecule has 11 heteroatoms. The highest BCUT2D eigenvalue weighted by Crippen LogP contribution is 2.26. The Balaban J connectivity index is 1.84. The number of nitrogens with one attached hydrogen (secondary N) is 3. The topological polar surface area (TPSA) is 172 Å². The maximum atomic E-state index is 13.2. The lowest BCUT2D eigenvalue weighted by molar-refractivity contribution is -0.158. The molecule has 2 aromatic carbocycles. The van der Waals surface area contributed by atoms with Crippen LogP contribution in [0.3, 0.4) is 0 Å². The van der Waals surface area contributed by atoms with Gasteiger partial charge in [-0.05, 0) is 37.3 Å². The Morgan fingerprint density at radius 2 is 1.88 bits per heavy atom. The van der Waals surface area contributed by atoms with Crippen molar-refractivity contribution in [2.75, 3.05) is 17.2 Å². The molecule has 0 aromatic heterocycles. The summed E-state index contributed by atoms with van der Waals surface area (Å²) in [5.41, 5.74) is 6.80. The van der Waals surface area contributed by atoms with Gasteiger partial charge in [-0.1, -0.05) is 12.1 Å². The first-order chi connectivity index (χ1) is 16.0. The molecule has 0 saturated heterocycles. The molecular formula is C23H23N5O6. The summed E-state index contributed by atoms with van der Waals surface area (Å²) in [6.45, 7) is 2.35. The molecular weight excluding hydrogens is 442 g/mol. The zero-order chi connectivity index (χ0) is 25.0. The van der Waals surface area contributed by atoms with Gasteiger partial charge in [-0.2, -0.15) is 0 Å². The van der Waals surface area contributed by atoms with Gasteiger partial charge in [0.1, 0.15) is 12.4 Å². The maximum absolute atomic E-state index is 13.2. The predicted octanol–water partition coefficient (Wildman–Crippen LogP) is 1.49. The third-order valence-corrected chi connectivity index (χ3v) is 5.04. The third kappa shape index (κ3) is 5.63. The lowest BCUT2D eigenvalue weighted by atomic mass is 10.1. The van der Waals surface area contributed by atoms with E-state index in [-0.39, 0.29) is 35.6 Å². The molecule has 0 bridgehead atoms. The van der Waals surface area contributed by atoms with Crippen molar-refractivity contribution in [1.29, 1.82) is 5.41 Å². The van der Waals surface area contributed by atoms with Crippen LogP contribution in [0.4, 0.5) is 11.4 Å². The summed E-state index contributed by atoms with van der Waals surface area (Å²) in [7, 11) is 0. The number of amides is 3. The summed E-state index contributed by atoms with van der Waals surface area (Å²) in [5, 5.41) is 12.8. The molecule has 2 aromatic rings. The van der Waals surface area contributed by atoms with Gasteiger partial charge in [0.05, 0.1) is 17.7 Å². The van der Waals surface area contributed by atoms with Crippen molar-refractivity contribution >= 4 is 46.9 Å². The van der Waals surface area contributed by atoms with Gasteiger partial charge in [0, 0.05) is 29.8 Å². The quantitative estimate of drug-likeness (QED) is 0.216. The van der Waals surface area contributed by atoms with Crippen LogP contribution in [0.15, 0.2) is 42.5 Å². The number of rotatable bonds is 6. The highest BCUT2D eigenvalue weighted by molar-refractivity contribution is 6.11. The van der Waals surface area contributed by atoms with Crippen LogP contribution in [-0.4, -0.2) is 53.0 Å². The number of esters is 2. The smallest absolute Gasteiger partial charge is 0.315 e. The zero-order valence-corrected chi connectivity index (χ0v) is 18.5. The molecule has 1 aliphatic rings. The Bertz CT molecular complexity index is 1210. The van der Waals surface area contributed by atoms with Gasteiger partial charge in [0.2, 0.25) is 5.91 Å². The first-order valence-corrected chi connectivity index (χ1v) is 10.3. The Morgan fingerprint density at radius 3 is 2.56 bits per heavy atom. The second-order valence-corrected chi connectivity index (χ2v) is 7.71. The van der Waals surface area contributed by atoms with Crippen LogP contribution in [-0.2, 0) is 19.1 Å². The first-order valence-electron chi connectivity index (χ1n) is 10.3. The first kappa shape index (κ1) is 24.1. The molecule has 5 N–H and O–H groups in total. The van der Waals surface area contributed by atoms with Gasteiger partial charge in [-0.25, -0.2) is 0 Å². The van der Waals surface area contributed by atoms with Crippen molar-refractivity contribution in [1.82, 2.24) is 4.90 Å². The number of carbonyl (C=O) groups excluding carboxylic acids is 5. The average Bonchev–Trinajstić information content (AvgIpc) is 2.89. The molecule has 0 aliphatic carbocycles. The normalized spacial score (nSPS) is 13.8. The van der Waals surface area contributed by atoms with Crippen LogP contribution >= 0.6 is 0 Å². The fourth-order valence-corrected chi connectivity index (χ4v) is 3.42. The summed E-state index contributed by atoms with van der Waals surface area (Å²) in [5.74, 6) is -3.24. The van der Waals surface area contributed by atoms with Gasteiger partial charge in [0.25, 0.3) is 11.8 Å². The van der Waals surface area contributed by atoms with E-state index in [0.29, 0.717) is 11.3 Å². The number of nitrogens with zero attached hydrogens (tertiary/aromatic N) is 1. The SMILES string of the molecule is CC(=O)OC(=O)CC(C)N1CC(=O)Nc2ccc(NC(=O)c3cccc(C(=N)N)c3)cc2C1=O. The molecule has 0 saturated carbocycles. The van der Waals surface area contributed by atoms with Gasteiger partial charge in [-0.3, -0.25) is 29.4 Å². The lowest BCUT2D eigenvalue weighted by Crippen LogP contribution is -2.42. The minimum atomic E-state index is -0.813. The minimum Gasteiger partial charge on any atom is -0.393 e. The minimum absolute atomic E-state index is 0.118. The van der Waals surface area contributed by atoms with Crippen LogP contribution in [0, 0.1) is 5.41 Å². The van der Waals surface area contributed by atoms with E-state index in [1.165, 1.54) is 29.2 Å². The number of carbonyl (C=O) groups is 5. The molecule has 3 amide bonds. The second-order valence-electron chi connectivity index (χ2n) is 7.71. The Hall–Kier alpha value is -4.54. The fraction of sp³-hybridized carbons (Fsp3) is 0.217. The van der Waals surface area contributed by atoms with E-state index >= 15 is 0 Å². The van der Waals surface area contributed by atoms with E-state index in [2.05, 4.69) is 15.4 Å². The van der Waals surface area contributed by atoms with Crippen molar-refractivity contribution in [3.63, 3.8) is 0 Å². The van der Waals surface area contributed by atoms with Crippen molar-refractivity contribution in [2.45, 2.75) is 26.3 Å². The van der Waals surface area contributed by atoms with E-state index in [1.54, 1.807) is 25.1 Å². The molecule has 0 radical (unpaired) electrons. The average molecular weight is 465 g/mol. The highest BCUT2D eigenvalue weighted by Gasteiger charge is 2.31. The lowest BCUT2D eigenvalue weighted by Gasteiger charge is -2.26. The van der Waals surface area contributed by atoms with Crippen molar-refractivity contribution < 1.29 is 28.7 Å². The van der Waals surface area contributed by atoms with Crippen LogP contribution in [0.1, 0.15) is 46.5 Å². The highest BCUT2D eigenvalue weighted by atomic mass is 16.6. The summed E-state index contributed by atoms with van der Waals surface area (Å²) >= 11 is 0. The van der Waals surface area contributed by atoms with Crippen LogP contribution < -0.4 is 16.4 Å². The largest absolute Gasteiger partial charge is 0.393 e. The monoisotopic (exact) mass is 465 g/mol. The summed E-state index contributed by atoms with van der Waals surface area (Å²) < 4.78 is 4.52. The summed E-state index contributed by atoms with van der Waals surface area (Å²) in [4.78, 5) is 62.3. The van der Waals surface area contributed by atoms with E-state index in [9.17, 15) is 24.0 Å². The molecule has 3 rings (SSSR count). The fourth-order valence-electron chi connectivity index (χ4n) is 3.42. The molecule has 0 fully saturated rings. The third-order valence-electron chi connectivity index (χ3n) is 5.04. The number of benzene rings is 2. The molecule has 11 nitrogen and oxygen atoms in total. The number of amidine groups is 1. The van der Waals surface area contributed by atoms with E-state index < -0.39 is 35.7 Å². The predicted molar refractivity (Wildman–Crippen MR) is 122 cm³/mol. The van der Waals surface area contributed by atoms with Crippen LogP contribution in [0.25, 0.3) is 0 Å². The molecule has 1 heterocycles. The molecule has 34 heavy (non-hydrogen) atoms. The Morgan fingerprint density at radius 1 is 1.18 bits per heavy atom. The Kier molecular flexibility index (Phi) is 7.05. The van der Waals surface area contributed by atoms with E-state index in [1.807, 2.05) is 0 Å². The summed E-state index contributed by atoms with van der Waals surface area (Å²) in [6.07, 6.45) is -0.281. The molecule has 1 aliphatic heterocycles. The van der Waals surface area contributed by atoms with Gasteiger partial charge < -0.3 is 26.0 Å². The maximum Gasteiger partial charge on any atom is 0.315 e. The molecule has 176 valence electrons. The number of hydrogen-bond donors (Lipinski definition) is 4. The molecule has 1 unspecified atom stereocenters. The van der Waals surface area contributed by atoms with Crippen molar-refractivity contribution in [3.05, 3.63) is 59.2 Å². The van der Waals surface area contributed by atoms with E-state index in [4.69, 9.17) is 11.1 Å². The second kappa shape index (κ2) is 9.94. The number of nitrogen functional groups attached to an aromatic ring is 1. The van der Waals surface area contributed by atoms with Gasteiger partial charge >= 0.3 is 11.9 Å². The zero-order valence-electron chi connectivity index (χ0n) is 18.5. The van der Waals surface area contributed by atoms with Gasteiger partial charge in [0.15, 0.2) is 0 Å². The van der Waals surface area contributed by atoms with Crippen LogP contribution in [0.5, 0.6) is 0 Å². The van der Waals surface area contributed by atoms with E-state index in [0.717, 1.165) is 6.92 Å². The number of anilines is 2. The number of nitrogens with two attached hydrogens (primary N) is 1. The molecule has 1 atom stereocenters. The standard InChI is InChI=1S/C23H23N5O6/c1-12(8-20(31)34-13(2)29)28-11-19(30)27-18-7-6-16(10-17(18)23(28)33)26-22(32)15-5-3-4-14(9-15)21(24)25/h3-7,9-10,12H,8,11H2,1-2H3,(H3,24,25)(H,26,32)(H,27,30). The van der Waals surface area contributed by atoms with Crippen molar-refractivity contribution in [3.8, 4) is 0 Å². The van der Waals surface area contributed by atoms with Crippen LogP contribution in [0.2, 0.25) is 0 Å².